The average molecular weight is 498 g/mol. The van der Waals surface area contributed by atoms with Crippen LogP contribution in [0.1, 0.15) is 0 Å². The van der Waals surface area contributed by atoms with Crippen LogP contribution in [0.4, 0.5) is 29.0 Å². The van der Waals surface area contributed by atoms with Crippen molar-refractivity contribution < 1.29 is 13.2 Å². The Labute approximate surface area is 200 Å². The highest BCUT2D eigenvalue weighted by molar-refractivity contribution is 7.92. The van der Waals surface area contributed by atoms with Gasteiger partial charge in [0.15, 0.2) is 0 Å². The van der Waals surface area contributed by atoms with Gasteiger partial charge in [0, 0.05) is 29.7 Å². The Morgan fingerprint density at radius 3 is 2.68 bits per heavy atom. The van der Waals surface area contributed by atoms with E-state index in [9.17, 15) is 8.42 Å². The van der Waals surface area contributed by atoms with Gasteiger partial charge in [0.2, 0.25) is 16.0 Å². The molecule has 12 heteroatoms. The van der Waals surface area contributed by atoms with E-state index in [2.05, 4.69) is 24.9 Å². The summed E-state index contributed by atoms with van der Waals surface area (Å²) in [6, 6.07) is 11.0. The fourth-order valence-corrected chi connectivity index (χ4v) is 5.21. The van der Waals surface area contributed by atoms with Gasteiger partial charge in [-0.15, -0.1) is 11.3 Å². The van der Waals surface area contributed by atoms with Crippen LogP contribution in [0.2, 0.25) is 0 Å². The zero-order valence-electron chi connectivity index (χ0n) is 18.4. The zero-order chi connectivity index (χ0) is 23.7. The van der Waals surface area contributed by atoms with Crippen LogP contribution in [0.25, 0.3) is 21.3 Å². The Morgan fingerprint density at radius 1 is 1.12 bits per heavy atom. The van der Waals surface area contributed by atoms with Gasteiger partial charge in [0.1, 0.15) is 11.6 Å². The first kappa shape index (κ1) is 22.3. The quantitative estimate of drug-likeness (QED) is 0.367. The highest BCUT2D eigenvalue weighted by Crippen LogP contribution is 2.37. The molecule has 4 aromatic rings. The van der Waals surface area contributed by atoms with Crippen LogP contribution in [0.3, 0.4) is 0 Å². The number of nitrogens with two attached hydrogens (primary N) is 1. The van der Waals surface area contributed by atoms with E-state index in [-0.39, 0.29) is 0 Å². The van der Waals surface area contributed by atoms with Crippen molar-refractivity contribution >= 4 is 60.5 Å². The topological polar surface area (TPSA) is 135 Å². The Balaban J connectivity index is 1.43. The lowest BCUT2D eigenvalue weighted by molar-refractivity contribution is 0.122. The molecule has 0 bridgehead atoms. The third-order valence-corrected chi connectivity index (χ3v) is 6.86. The molecular formula is C22H23N7O3S2. The largest absolute Gasteiger partial charge is 0.382 e. The van der Waals surface area contributed by atoms with Crippen LogP contribution in [-0.2, 0) is 14.8 Å². The van der Waals surface area contributed by atoms with Crippen molar-refractivity contribution in [1.82, 2.24) is 15.0 Å². The van der Waals surface area contributed by atoms with Gasteiger partial charge in [-0.2, -0.15) is 4.98 Å². The van der Waals surface area contributed by atoms with E-state index in [1.54, 1.807) is 24.4 Å². The molecule has 4 N–H and O–H groups in total. The number of nitrogen functional groups attached to an aromatic ring is 1. The molecule has 3 aromatic heterocycles. The van der Waals surface area contributed by atoms with Crippen LogP contribution in [0.15, 0.2) is 48.0 Å². The van der Waals surface area contributed by atoms with Crippen molar-refractivity contribution in [3.63, 3.8) is 0 Å². The second kappa shape index (κ2) is 9.05. The molecule has 176 valence electrons. The number of pyridine rings is 1. The summed E-state index contributed by atoms with van der Waals surface area (Å²) in [4.78, 5) is 15.8. The summed E-state index contributed by atoms with van der Waals surface area (Å²) < 4.78 is 31.9. The summed E-state index contributed by atoms with van der Waals surface area (Å²) in [6.07, 6.45) is 2.86. The maximum Gasteiger partial charge on any atom is 0.229 e. The third-order valence-electron chi connectivity index (χ3n) is 5.26. The number of nitrogens with one attached hydrogen (secondary N) is 2. The molecule has 1 fully saturated rings. The van der Waals surface area contributed by atoms with Gasteiger partial charge in [-0.05, 0) is 29.8 Å². The number of hydrogen-bond donors (Lipinski definition) is 3. The fourth-order valence-electron chi connectivity index (χ4n) is 3.73. The predicted octanol–water partition coefficient (Wildman–Crippen LogP) is 3.29. The lowest BCUT2D eigenvalue weighted by atomic mass is 10.1. The molecule has 1 aliphatic heterocycles. The second-order valence-electron chi connectivity index (χ2n) is 7.84. The summed E-state index contributed by atoms with van der Waals surface area (Å²) in [7, 11) is -3.38. The van der Waals surface area contributed by atoms with Crippen molar-refractivity contribution in [3.05, 3.63) is 48.0 Å². The number of ether oxygens (including phenoxy) is 1. The van der Waals surface area contributed by atoms with Crippen LogP contribution in [0.5, 0.6) is 0 Å². The van der Waals surface area contributed by atoms with Gasteiger partial charge < -0.3 is 20.7 Å². The summed E-state index contributed by atoms with van der Waals surface area (Å²) >= 11 is 1.44. The predicted molar refractivity (Wildman–Crippen MR) is 136 cm³/mol. The smallest absolute Gasteiger partial charge is 0.229 e. The van der Waals surface area contributed by atoms with E-state index >= 15 is 0 Å². The van der Waals surface area contributed by atoms with E-state index in [0.29, 0.717) is 36.2 Å². The number of nitrogens with zero attached hydrogens (tertiary/aromatic N) is 4. The van der Waals surface area contributed by atoms with Crippen molar-refractivity contribution in [2.45, 2.75) is 0 Å². The Hall–Kier alpha value is -3.48. The lowest BCUT2D eigenvalue weighted by Crippen LogP contribution is -2.36. The minimum atomic E-state index is -3.38. The molecule has 34 heavy (non-hydrogen) atoms. The van der Waals surface area contributed by atoms with Gasteiger partial charge >= 0.3 is 0 Å². The molecule has 4 heterocycles. The first-order valence-corrected chi connectivity index (χ1v) is 13.3. The molecule has 10 nitrogen and oxygen atoms in total. The van der Waals surface area contributed by atoms with Gasteiger partial charge in [0.05, 0.1) is 41.6 Å². The zero-order valence-corrected chi connectivity index (χ0v) is 20.0. The first-order chi connectivity index (χ1) is 16.4. The fraction of sp³-hybridized carbons (Fsp3) is 0.227. The summed E-state index contributed by atoms with van der Waals surface area (Å²) in [5, 5.41) is 5.13. The van der Waals surface area contributed by atoms with Crippen molar-refractivity contribution in [2.75, 3.05) is 53.2 Å². The summed E-state index contributed by atoms with van der Waals surface area (Å²) in [5.41, 5.74) is 9.80. The SMILES string of the molecule is CS(=O)(=O)Nc1cccc(-c2csc3c(N)nc(Nc4ccc(N5CCOCC5)nc4)nc23)c1. The van der Waals surface area contributed by atoms with E-state index in [4.69, 9.17) is 15.5 Å². The highest BCUT2D eigenvalue weighted by atomic mass is 32.2. The highest BCUT2D eigenvalue weighted by Gasteiger charge is 2.15. The molecule has 5 rings (SSSR count). The van der Waals surface area contributed by atoms with E-state index in [1.807, 2.05) is 23.6 Å². The maximum absolute atomic E-state index is 11.6. The number of rotatable bonds is 6. The van der Waals surface area contributed by atoms with E-state index in [0.717, 1.165) is 46.7 Å². The maximum atomic E-state index is 11.6. The molecule has 0 spiro atoms. The standard InChI is InChI=1S/C22H23N7O3S2/c1-34(30,31)28-15-4-2-3-14(11-15)17-13-33-20-19(17)26-22(27-21(20)23)25-16-5-6-18(24-12-16)29-7-9-32-10-8-29/h2-6,11-13,28H,7-10H2,1H3,(H3,23,25,26,27). The van der Waals surface area contributed by atoms with Crippen LogP contribution >= 0.6 is 11.3 Å². The number of fused-ring (bicyclic) bond motifs is 1. The Bertz CT molecular complexity index is 1430. The first-order valence-electron chi connectivity index (χ1n) is 10.5. The molecule has 0 aliphatic carbocycles. The average Bonchev–Trinajstić information content (AvgIpc) is 3.24. The number of hydrogen-bond acceptors (Lipinski definition) is 10. The molecule has 1 aromatic carbocycles. The lowest BCUT2D eigenvalue weighted by Gasteiger charge is -2.27. The van der Waals surface area contributed by atoms with Crippen LogP contribution < -0.4 is 20.7 Å². The van der Waals surface area contributed by atoms with Gasteiger partial charge in [-0.25, -0.2) is 18.4 Å². The molecule has 0 radical (unpaired) electrons. The van der Waals surface area contributed by atoms with Gasteiger partial charge in [-0.1, -0.05) is 12.1 Å². The molecular weight excluding hydrogens is 474 g/mol. The Morgan fingerprint density at radius 2 is 1.94 bits per heavy atom. The summed E-state index contributed by atoms with van der Waals surface area (Å²) in [5.74, 6) is 1.62. The molecule has 0 atom stereocenters. The van der Waals surface area contributed by atoms with E-state index in [1.165, 1.54) is 11.3 Å². The van der Waals surface area contributed by atoms with Crippen molar-refractivity contribution in [2.24, 2.45) is 0 Å². The van der Waals surface area contributed by atoms with Crippen molar-refractivity contribution in [1.29, 1.82) is 0 Å². The number of aromatic nitrogens is 3. The van der Waals surface area contributed by atoms with E-state index < -0.39 is 10.0 Å². The summed E-state index contributed by atoms with van der Waals surface area (Å²) in [6.45, 7) is 3.03. The van der Waals surface area contributed by atoms with Gasteiger partial charge in [0.25, 0.3) is 0 Å². The van der Waals surface area contributed by atoms with Crippen LogP contribution in [-0.4, -0.2) is 55.9 Å². The normalized spacial score (nSPS) is 14.3. The number of benzene rings is 1. The minimum Gasteiger partial charge on any atom is -0.382 e. The minimum absolute atomic E-state index is 0.357. The molecule has 0 unspecified atom stereocenters. The molecule has 1 aliphatic rings. The van der Waals surface area contributed by atoms with Gasteiger partial charge in [-0.3, -0.25) is 4.72 Å². The second-order valence-corrected chi connectivity index (χ2v) is 10.5. The monoisotopic (exact) mass is 497 g/mol. The van der Waals surface area contributed by atoms with Crippen molar-refractivity contribution in [3.8, 4) is 11.1 Å². The molecule has 1 saturated heterocycles. The third kappa shape index (κ3) is 4.88. The number of thiophene rings is 1. The number of anilines is 5. The van der Waals surface area contributed by atoms with Crippen LogP contribution in [0, 0.1) is 0 Å². The number of sulfonamides is 1. The molecule has 0 saturated carbocycles. The molecule has 0 amide bonds. The number of morpholine rings is 1. The Kier molecular flexibility index (Phi) is 5.94.